The number of nitrogens with zero attached hydrogens (tertiary/aromatic N) is 7. The van der Waals surface area contributed by atoms with E-state index >= 15 is 0 Å². The van der Waals surface area contributed by atoms with Gasteiger partial charge in [-0.15, -0.1) is 0 Å². The SMILES string of the molecule is Nc1cnn(S(=O)(=O)C2CC2)c1.O=S(=O)(Cl)C1CC1.O=[N+]([O-])c1cn[nH]c1.O=[N+]([O-])c1cnn(S(=O)(=O)C2CC2)c1. The Hall–Kier alpha value is -3.63. The maximum absolute atomic E-state index is 11.5. The van der Waals surface area contributed by atoms with Crippen molar-refractivity contribution in [1.82, 2.24) is 28.6 Å². The fourth-order valence-corrected chi connectivity index (χ4v) is 6.91. The van der Waals surface area contributed by atoms with E-state index in [0.717, 1.165) is 48.4 Å². The fourth-order valence-electron chi connectivity index (χ4n) is 2.72. The Balaban J connectivity index is 0.000000156. The van der Waals surface area contributed by atoms with Gasteiger partial charge in [-0.05, 0) is 38.5 Å². The van der Waals surface area contributed by atoms with Crippen LogP contribution in [0.1, 0.15) is 38.5 Å². The minimum absolute atomic E-state index is 0.00926. The van der Waals surface area contributed by atoms with Crippen LogP contribution in [0.4, 0.5) is 17.1 Å². The molecule has 3 saturated carbocycles. The van der Waals surface area contributed by atoms with Gasteiger partial charge < -0.3 is 5.73 Å². The van der Waals surface area contributed by atoms with Gasteiger partial charge in [0.1, 0.15) is 18.6 Å². The van der Waals surface area contributed by atoms with Crippen LogP contribution in [0.2, 0.25) is 0 Å². The van der Waals surface area contributed by atoms with Gasteiger partial charge in [-0.3, -0.25) is 25.3 Å². The van der Waals surface area contributed by atoms with E-state index in [2.05, 4.69) is 20.4 Å². The third-order valence-electron chi connectivity index (χ3n) is 5.37. The van der Waals surface area contributed by atoms with Crippen molar-refractivity contribution in [3.05, 3.63) is 57.4 Å². The third kappa shape index (κ3) is 9.19. The maximum atomic E-state index is 11.5. The average Bonchev–Trinajstić information content (AvgIpc) is 3.83. The van der Waals surface area contributed by atoms with Gasteiger partial charge in [-0.2, -0.15) is 23.5 Å². The predicted molar refractivity (Wildman–Crippen MR) is 143 cm³/mol. The molecular weight excluding hydrogens is 634 g/mol. The molecule has 0 saturated heterocycles. The van der Waals surface area contributed by atoms with E-state index in [4.69, 9.17) is 16.4 Å². The smallest absolute Gasteiger partial charge is 0.308 e. The van der Waals surface area contributed by atoms with Crippen LogP contribution in [0.5, 0.6) is 0 Å². The molecule has 0 atom stereocenters. The quantitative estimate of drug-likeness (QED) is 0.203. The molecule has 3 aliphatic rings. The van der Waals surface area contributed by atoms with E-state index in [0.29, 0.717) is 22.6 Å². The van der Waals surface area contributed by atoms with Crippen molar-refractivity contribution in [3.8, 4) is 0 Å². The molecular formula is C18H24ClN9O10S3. The molecule has 3 fully saturated rings. The van der Waals surface area contributed by atoms with Crippen molar-refractivity contribution in [2.24, 2.45) is 0 Å². The number of hydrogen-bond donors (Lipinski definition) is 2. The Morgan fingerprint density at radius 1 is 0.780 bits per heavy atom. The third-order valence-corrected chi connectivity index (χ3v) is 11.5. The van der Waals surface area contributed by atoms with Crippen LogP contribution in [0, 0.1) is 20.2 Å². The molecule has 0 radical (unpaired) electrons. The molecule has 3 aliphatic carbocycles. The summed E-state index contributed by atoms with van der Waals surface area (Å²) < 4.78 is 67.9. The lowest BCUT2D eigenvalue weighted by molar-refractivity contribution is -0.385. The summed E-state index contributed by atoms with van der Waals surface area (Å²) in [5, 5.41) is 32.0. The lowest BCUT2D eigenvalue weighted by atomic mass is 10.6. The molecule has 0 aliphatic heterocycles. The number of nitrogens with two attached hydrogens (primary N) is 1. The second-order valence-electron chi connectivity index (χ2n) is 8.85. The van der Waals surface area contributed by atoms with Crippen molar-refractivity contribution in [1.29, 1.82) is 0 Å². The summed E-state index contributed by atoms with van der Waals surface area (Å²) >= 11 is 0. The molecule has 226 valence electrons. The van der Waals surface area contributed by atoms with Crippen LogP contribution in [0.25, 0.3) is 0 Å². The second-order valence-corrected chi connectivity index (χ2v) is 15.9. The number of aromatic nitrogens is 6. The fraction of sp³-hybridized carbons (Fsp3) is 0.500. The number of nitro groups is 2. The first-order valence-electron chi connectivity index (χ1n) is 11.6. The summed E-state index contributed by atoms with van der Waals surface area (Å²) in [5.41, 5.74) is 5.40. The van der Waals surface area contributed by atoms with Crippen LogP contribution in [0.15, 0.2) is 37.2 Å². The van der Waals surface area contributed by atoms with E-state index in [9.17, 15) is 45.5 Å². The zero-order valence-corrected chi connectivity index (χ0v) is 24.0. The van der Waals surface area contributed by atoms with E-state index in [1.54, 1.807) is 0 Å². The van der Waals surface area contributed by atoms with Gasteiger partial charge in [-0.1, -0.05) is 0 Å². The number of anilines is 1. The molecule has 6 rings (SSSR count). The highest BCUT2D eigenvalue weighted by atomic mass is 35.7. The highest BCUT2D eigenvalue weighted by Crippen LogP contribution is 2.31. The monoisotopic (exact) mass is 657 g/mol. The van der Waals surface area contributed by atoms with Gasteiger partial charge in [0.25, 0.3) is 20.0 Å². The standard InChI is InChI=1S/C6H7N3O4S.C6H9N3O2S.C3H5ClO2S.C3H3N3O2/c10-9(11)5-3-7-8(4-5)14(12,13)6-1-2-6;7-5-3-8-9(4-5)12(10,11)6-1-2-6;4-7(5,6)3-1-2-3;7-6(8)3-1-4-5-2-3/h3-4,6H,1-2H2;3-4,6H,1-2,7H2;3H,1-2H2;1-2H,(H,4,5). The summed E-state index contributed by atoms with van der Waals surface area (Å²) in [6.45, 7) is 0. The van der Waals surface area contributed by atoms with Crippen LogP contribution in [-0.2, 0) is 29.1 Å². The van der Waals surface area contributed by atoms with Gasteiger partial charge in [0.05, 0.1) is 49.9 Å². The van der Waals surface area contributed by atoms with Gasteiger partial charge >= 0.3 is 11.4 Å². The van der Waals surface area contributed by atoms with Crippen molar-refractivity contribution in [2.75, 3.05) is 5.73 Å². The number of aromatic amines is 1. The Labute approximate surface area is 237 Å². The summed E-state index contributed by atoms with van der Waals surface area (Å²) in [4.78, 5) is 18.9. The molecule has 41 heavy (non-hydrogen) atoms. The van der Waals surface area contributed by atoms with Crippen LogP contribution in [-0.4, -0.2) is 79.4 Å². The van der Waals surface area contributed by atoms with E-state index in [1.165, 1.54) is 18.6 Å². The second kappa shape index (κ2) is 12.5. The summed E-state index contributed by atoms with van der Waals surface area (Å²) in [6.07, 6.45) is 11.1. The molecule has 0 aromatic carbocycles. The zero-order valence-electron chi connectivity index (χ0n) is 20.8. The molecule has 3 aromatic heterocycles. The molecule has 0 amide bonds. The van der Waals surface area contributed by atoms with Gasteiger partial charge in [0.15, 0.2) is 0 Å². The molecule has 3 aromatic rings. The van der Waals surface area contributed by atoms with E-state index < -0.39 is 44.2 Å². The predicted octanol–water partition coefficient (Wildman–Crippen LogP) is 0.972. The molecule has 0 unspecified atom stereocenters. The normalized spacial score (nSPS) is 16.6. The van der Waals surface area contributed by atoms with Crippen molar-refractivity contribution >= 4 is 56.8 Å². The maximum Gasteiger partial charge on any atom is 0.308 e. The number of hydrogen-bond acceptors (Lipinski definition) is 14. The van der Waals surface area contributed by atoms with E-state index in [-0.39, 0.29) is 21.9 Å². The largest absolute Gasteiger partial charge is 0.396 e. The highest BCUT2D eigenvalue weighted by Gasteiger charge is 2.38. The molecule has 3 heterocycles. The lowest BCUT2D eigenvalue weighted by Gasteiger charge is -1.99. The first-order chi connectivity index (χ1) is 19.0. The number of nitrogens with one attached hydrogen (secondary N) is 1. The summed E-state index contributed by atoms with van der Waals surface area (Å²) in [6, 6.07) is 0. The van der Waals surface area contributed by atoms with Gasteiger partial charge in [-0.25, -0.2) is 25.3 Å². The topological polar surface area (TPSA) is 279 Å². The van der Waals surface area contributed by atoms with E-state index in [1.807, 2.05) is 0 Å². The minimum atomic E-state index is -3.48. The average molecular weight is 658 g/mol. The summed E-state index contributed by atoms with van der Waals surface area (Å²) in [7, 11) is -4.95. The minimum Gasteiger partial charge on any atom is -0.396 e. The Morgan fingerprint density at radius 3 is 1.51 bits per heavy atom. The zero-order chi connectivity index (χ0) is 30.6. The molecule has 0 spiro atoms. The Kier molecular flexibility index (Phi) is 9.71. The van der Waals surface area contributed by atoms with Crippen molar-refractivity contribution < 1.29 is 35.1 Å². The van der Waals surface area contributed by atoms with Crippen LogP contribution >= 0.6 is 10.7 Å². The number of halogens is 1. The first-order valence-corrected chi connectivity index (χ1v) is 17.0. The van der Waals surface area contributed by atoms with Gasteiger partial charge in [0.2, 0.25) is 9.05 Å². The Bertz CT molecular complexity index is 1690. The van der Waals surface area contributed by atoms with Crippen molar-refractivity contribution in [3.63, 3.8) is 0 Å². The molecule has 0 bridgehead atoms. The van der Waals surface area contributed by atoms with Crippen LogP contribution < -0.4 is 5.73 Å². The molecule has 19 nitrogen and oxygen atoms in total. The number of H-pyrrole nitrogens is 1. The summed E-state index contributed by atoms with van der Waals surface area (Å²) in [5.74, 6) is 0. The van der Waals surface area contributed by atoms with Crippen molar-refractivity contribution in [2.45, 2.75) is 54.3 Å². The van der Waals surface area contributed by atoms with Gasteiger partial charge in [0, 0.05) is 10.7 Å². The highest BCUT2D eigenvalue weighted by molar-refractivity contribution is 8.14. The number of nitrogen functional groups attached to an aromatic ring is 1. The number of rotatable bonds is 7. The lowest BCUT2D eigenvalue weighted by Crippen LogP contribution is -2.17. The first kappa shape index (κ1) is 31.9. The van der Waals surface area contributed by atoms with Crippen LogP contribution in [0.3, 0.4) is 0 Å². The molecule has 23 heteroatoms. The molecule has 3 N–H and O–H groups in total. The Morgan fingerprint density at radius 2 is 1.24 bits per heavy atom.